The quantitative estimate of drug-likeness (QED) is 0.460. The fourth-order valence-electron chi connectivity index (χ4n) is 0.707. The molecular weight excluding hydrogens is 350 g/mol. The molecule has 19 heavy (non-hydrogen) atoms. The van der Waals surface area contributed by atoms with Gasteiger partial charge in [0.1, 0.15) is 0 Å². The molecule has 0 atom stereocenters. The summed E-state index contributed by atoms with van der Waals surface area (Å²) in [5.41, 5.74) is 0. The van der Waals surface area contributed by atoms with E-state index in [9.17, 15) is 18.9 Å². The van der Waals surface area contributed by atoms with Crippen LogP contribution in [0.25, 0.3) is 0 Å². The number of hydrogen-bond donors (Lipinski definition) is 0. The molecule has 0 saturated heterocycles. The standard InChI is InChI=1S/2C4H11O4P.Cu/c2*1-3-7-9(5,6)8-4-2;/h2*3-4H2,1-2H3,(H,5,6);/q;;+2/p-2. The molecule has 0 aliphatic carbocycles. The molecule has 0 aliphatic heterocycles. The van der Waals surface area contributed by atoms with Crippen LogP contribution in [0.5, 0.6) is 0 Å². The van der Waals surface area contributed by atoms with Gasteiger partial charge in [-0.05, 0) is 27.7 Å². The summed E-state index contributed by atoms with van der Waals surface area (Å²) in [6.07, 6.45) is 0. The zero-order valence-corrected chi connectivity index (χ0v) is 14.0. The van der Waals surface area contributed by atoms with E-state index in [4.69, 9.17) is 0 Å². The molecule has 0 unspecified atom stereocenters. The molecule has 0 heterocycles. The molecule has 0 aromatic rings. The van der Waals surface area contributed by atoms with Crippen molar-refractivity contribution in [1.82, 2.24) is 0 Å². The molecule has 0 spiro atoms. The molecule has 0 saturated carbocycles. The van der Waals surface area contributed by atoms with Crippen molar-refractivity contribution in [2.24, 2.45) is 0 Å². The van der Waals surface area contributed by atoms with Gasteiger partial charge in [0.25, 0.3) is 15.6 Å². The van der Waals surface area contributed by atoms with Crippen LogP contribution in [0.15, 0.2) is 0 Å². The predicted molar refractivity (Wildman–Crippen MR) is 61.7 cm³/mol. The van der Waals surface area contributed by atoms with Crippen molar-refractivity contribution < 1.29 is 54.1 Å². The first-order chi connectivity index (χ1) is 8.24. The van der Waals surface area contributed by atoms with Crippen LogP contribution in [0, 0.1) is 0 Å². The minimum absolute atomic E-state index is 0. The van der Waals surface area contributed by atoms with E-state index in [1.165, 1.54) is 0 Å². The molecule has 0 fully saturated rings. The van der Waals surface area contributed by atoms with Gasteiger partial charge in [0, 0.05) is 0 Å². The van der Waals surface area contributed by atoms with Crippen LogP contribution in [0.3, 0.4) is 0 Å². The number of phosphoric acid groups is 2. The van der Waals surface area contributed by atoms with Crippen LogP contribution in [-0.2, 0) is 44.3 Å². The maximum atomic E-state index is 10.4. The van der Waals surface area contributed by atoms with Gasteiger partial charge in [-0.1, -0.05) is 0 Å². The second-order valence-corrected chi connectivity index (χ2v) is 5.39. The van der Waals surface area contributed by atoms with E-state index < -0.39 is 15.6 Å². The average Bonchev–Trinajstić information content (AvgIpc) is 2.17. The first kappa shape index (κ1) is 24.7. The molecule has 0 aromatic heterocycles. The maximum Gasteiger partial charge on any atom is 2.00 e. The van der Waals surface area contributed by atoms with Gasteiger partial charge in [-0.25, -0.2) is 0 Å². The first-order valence-corrected chi connectivity index (χ1v) is 8.36. The molecule has 0 N–H and O–H groups in total. The van der Waals surface area contributed by atoms with Crippen molar-refractivity contribution >= 4 is 15.6 Å². The third kappa shape index (κ3) is 18.7. The molecule has 121 valence electrons. The van der Waals surface area contributed by atoms with Crippen LogP contribution < -0.4 is 9.79 Å². The van der Waals surface area contributed by atoms with Crippen molar-refractivity contribution in [3.8, 4) is 0 Å². The molecule has 8 nitrogen and oxygen atoms in total. The van der Waals surface area contributed by atoms with Gasteiger partial charge in [-0.3, -0.25) is 9.13 Å². The Balaban J connectivity index is -0.000000256. The van der Waals surface area contributed by atoms with E-state index in [2.05, 4.69) is 18.1 Å². The fourth-order valence-corrected chi connectivity index (χ4v) is 2.12. The van der Waals surface area contributed by atoms with Crippen molar-refractivity contribution in [3.05, 3.63) is 0 Å². The molecule has 0 aromatic carbocycles. The van der Waals surface area contributed by atoms with Crippen molar-refractivity contribution in [3.63, 3.8) is 0 Å². The van der Waals surface area contributed by atoms with Crippen LogP contribution in [0.4, 0.5) is 0 Å². The van der Waals surface area contributed by atoms with Gasteiger partial charge in [0.15, 0.2) is 0 Å². The Morgan fingerprint density at radius 1 is 0.684 bits per heavy atom. The van der Waals surface area contributed by atoms with Crippen LogP contribution in [0.2, 0.25) is 0 Å². The Hall–Kier alpha value is 0.739. The molecule has 11 heteroatoms. The summed E-state index contributed by atoms with van der Waals surface area (Å²) in [7, 11) is -7.89. The predicted octanol–water partition coefficient (Wildman–Crippen LogP) is 1.05. The van der Waals surface area contributed by atoms with Crippen LogP contribution in [0.1, 0.15) is 27.7 Å². The number of phosphoric ester groups is 2. The Bertz CT molecular complexity index is 240. The minimum Gasteiger partial charge on any atom is -0.756 e. The second kappa shape index (κ2) is 13.7. The molecule has 0 aliphatic rings. The van der Waals surface area contributed by atoms with Gasteiger partial charge in [0.2, 0.25) is 0 Å². The summed E-state index contributed by atoms with van der Waals surface area (Å²) in [4.78, 5) is 20.8. The number of hydrogen-bond acceptors (Lipinski definition) is 8. The van der Waals surface area contributed by atoms with E-state index in [1.54, 1.807) is 27.7 Å². The van der Waals surface area contributed by atoms with E-state index in [0.717, 1.165) is 0 Å². The maximum absolute atomic E-state index is 10.4. The monoisotopic (exact) mass is 369 g/mol. The minimum atomic E-state index is -3.94. The first-order valence-electron chi connectivity index (χ1n) is 5.44. The van der Waals surface area contributed by atoms with Gasteiger partial charge in [0.05, 0.1) is 26.4 Å². The smallest absolute Gasteiger partial charge is 0.756 e. The fraction of sp³-hybridized carbons (Fsp3) is 1.00. The Labute approximate surface area is 124 Å². The van der Waals surface area contributed by atoms with Crippen LogP contribution >= 0.6 is 15.6 Å². The molecular formula is C8H20CuO8P2. The van der Waals surface area contributed by atoms with E-state index in [1.807, 2.05) is 0 Å². The zero-order valence-electron chi connectivity index (χ0n) is 11.3. The topological polar surface area (TPSA) is 117 Å². The second-order valence-electron chi connectivity index (χ2n) is 2.57. The van der Waals surface area contributed by atoms with E-state index in [-0.39, 0.29) is 43.5 Å². The molecule has 1 radical (unpaired) electrons. The number of rotatable bonds is 8. The van der Waals surface area contributed by atoms with Gasteiger partial charge >= 0.3 is 17.1 Å². The Morgan fingerprint density at radius 2 is 0.842 bits per heavy atom. The Morgan fingerprint density at radius 3 is 0.947 bits per heavy atom. The molecule has 0 rings (SSSR count). The van der Waals surface area contributed by atoms with Gasteiger partial charge in [-0.2, -0.15) is 0 Å². The van der Waals surface area contributed by atoms with E-state index >= 15 is 0 Å². The van der Waals surface area contributed by atoms with Crippen molar-refractivity contribution in [2.45, 2.75) is 27.7 Å². The SMILES string of the molecule is CCOP(=O)([O-])OCC.CCOP(=O)([O-])OCC.[Cu+2]. The van der Waals surface area contributed by atoms with Crippen molar-refractivity contribution in [2.75, 3.05) is 26.4 Å². The third-order valence-electron chi connectivity index (χ3n) is 1.15. The van der Waals surface area contributed by atoms with Crippen LogP contribution in [-0.4, -0.2) is 26.4 Å². The summed E-state index contributed by atoms with van der Waals surface area (Å²) in [5.74, 6) is 0. The normalized spacial score (nSPS) is 11.3. The summed E-state index contributed by atoms with van der Waals surface area (Å²) < 4.78 is 37.8. The average molecular weight is 370 g/mol. The van der Waals surface area contributed by atoms with Gasteiger partial charge in [-0.15, -0.1) is 0 Å². The Kier molecular flexibility index (Phi) is 17.9. The zero-order chi connectivity index (χ0) is 14.7. The van der Waals surface area contributed by atoms with E-state index in [0.29, 0.717) is 0 Å². The summed E-state index contributed by atoms with van der Waals surface area (Å²) >= 11 is 0. The third-order valence-corrected chi connectivity index (χ3v) is 3.45. The largest absolute Gasteiger partial charge is 2.00 e. The summed E-state index contributed by atoms with van der Waals surface area (Å²) in [6, 6.07) is 0. The van der Waals surface area contributed by atoms with Crippen molar-refractivity contribution in [1.29, 1.82) is 0 Å². The molecule has 0 bridgehead atoms. The van der Waals surface area contributed by atoms with Gasteiger partial charge < -0.3 is 27.9 Å². The summed E-state index contributed by atoms with van der Waals surface area (Å²) in [6.45, 7) is 6.85. The summed E-state index contributed by atoms with van der Waals surface area (Å²) in [5, 5.41) is 0. The molecule has 0 amide bonds.